The Morgan fingerprint density at radius 3 is 2.09 bits per heavy atom. The van der Waals surface area contributed by atoms with Gasteiger partial charge in [-0.2, -0.15) is 0 Å². The normalized spacial score (nSPS) is 13.0. The molecule has 0 aliphatic rings. The zero-order valence-corrected chi connectivity index (χ0v) is 17.1. The summed E-state index contributed by atoms with van der Waals surface area (Å²) in [5.41, 5.74) is 0.721. The van der Waals surface area contributed by atoms with Crippen LogP contribution in [-0.2, 0) is 9.47 Å². The van der Waals surface area contributed by atoms with Gasteiger partial charge in [0.1, 0.15) is 0 Å². The molecule has 0 fully saturated rings. The number of hydrogen-bond donors (Lipinski definition) is 0. The first kappa shape index (κ1) is 22.8. The highest BCUT2D eigenvalue weighted by atomic mass is 28.3. The monoisotopic (exact) mass is 342 g/mol. The topological polar surface area (TPSA) is 21.7 Å². The second-order valence-electron chi connectivity index (χ2n) is 6.21. The third kappa shape index (κ3) is 12.9. The van der Waals surface area contributed by atoms with Gasteiger partial charge in [0.2, 0.25) is 0 Å². The fourth-order valence-corrected chi connectivity index (χ4v) is 5.13. The van der Waals surface area contributed by atoms with Crippen LogP contribution in [0.4, 0.5) is 0 Å². The van der Waals surface area contributed by atoms with Crippen molar-refractivity contribution in [2.24, 2.45) is 0 Å². The van der Waals surface area contributed by atoms with E-state index in [-0.39, 0.29) is 0 Å². The molecule has 0 rings (SSSR count). The molecule has 0 spiro atoms. The van der Waals surface area contributed by atoms with Gasteiger partial charge in [-0.05, 0) is 32.0 Å². The van der Waals surface area contributed by atoms with Crippen LogP contribution >= 0.6 is 0 Å². The van der Waals surface area contributed by atoms with Crippen molar-refractivity contribution in [3.05, 3.63) is 12.7 Å². The smallest absolute Gasteiger partial charge is 0.0689 e. The highest BCUT2D eigenvalue weighted by molar-refractivity contribution is 6.59. The molecule has 1 radical (unpaired) electrons. The Morgan fingerprint density at radius 1 is 1.00 bits per heavy atom. The first-order valence-electron chi connectivity index (χ1n) is 9.52. The first-order valence-corrected chi connectivity index (χ1v) is 11.8. The van der Waals surface area contributed by atoms with Crippen LogP contribution in [0.1, 0.15) is 52.9 Å². The van der Waals surface area contributed by atoms with E-state index in [0.717, 1.165) is 45.1 Å². The molecule has 1 unspecified atom stereocenters. The van der Waals surface area contributed by atoms with Gasteiger partial charge in [0.05, 0.1) is 22.0 Å². The Bertz CT molecular complexity index is 254. The minimum absolute atomic E-state index is 0.441. The molecule has 0 amide bonds. The van der Waals surface area contributed by atoms with E-state index in [2.05, 4.69) is 44.9 Å². The van der Waals surface area contributed by atoms with Crippen molar-refractivity contribution in [3.63, 3.8) is 0 Å². The maximum Gasteiger partial charge on any atom is 0.0689 e. The van der Waals surface area contributed by atoms with E-state index in [9.17, 15) is 0 Å². The fourth-order valence-electron chi connectivity index (χ4n) is 2.77. The molecule has 137 valence electrons. The molecular formula is C19H40NO2Si. The minimum Gasteiger partial charge on any atom is -0.380 e. The molecule has 3 nitrogen and oxygen atoms in total. The number of rotatable bonds is 17. The molecule has 0 aromatic rings. The molecule has 0 heterocycles. The molecule has 0 aliphatic carbocycles. The quantitative estimate of drug-likeness (QED) is 0.220. The average Bonchev–Trinajstić information content (AvgIpc) is 2.55. The number of hydrogen-bond acceptors (Lipinski definition) is 3. The molecule has 0 aromatic heterocycles. The zero-order valence-electron chi connectivity index (χ0n) is 16.1. The Morgan fingerprint density at radius 2 is 1.61 bits per heavy atom. The molecule has 0 bridgehead atoms. The van der Waals surface area contributed by atoms with Crippen LogP contribution in [-0.4, -0.2) is 59.4 Å². The lowest BCUT2D eigenvalue weighted by Gasteiger charge is -2.28. The summed E-state index contributed by atoms with van der Waals surface area (Å²) in [6.07, 6.45) is 10.1. The summed E-state index contributed by atoms with van der Waals surface area (Å²) < 4.78 is 11.1. The molecule has 23 heavy (non-hydrogen) atoms. The highest BCUT2D eigenvalue weighted by Gasteiger charge is 2.19. The SMILES string of the molecule is C=CC(CCCCCC)[Si](C)CN(CCOCC)CCOCC. The Labute approximate surface area is 147 Å². The number of ether oxygens (including phenoxy) is 2. The van der Waals surface area contributed by atoms with Crippen LogP contribution in [0, 0.1) is 0 Å². The average molecular weight is 343 g/mol. The predicted octanol–water partition coefficient (Wildman–Crippen LogP) is 4.55. The summed E-state index contributed by atoms with van der Waals surface area (Å²) in [5.74, 6) is 0. The van der Waals surface area contributed by atoms with Gasteiger partial charge in [-0.3, -0.25) is 0 Å². The summed E-state index contributed by atoms with van der Waals surface area (Å²) in [6.45, 7) is 18.2. The van der Waals surface area contributed by atoms with Crippen molar-refractivity contribution in [2.75, 3.05) is 45.7 Å². The van der Waals surface area contributed by atoms with Gasteiger partial charge in [-0.15, -0.1) is 6.58 Å². The highest BCUT2D eigenvalue weighted by Crippen LogP contribution is 2.21. The maximum atomic E-state index is 5.54. The second kappa shape index (κ2) is 16.7. The summed E-state index contributed by atoms with van der Waals surface area (Å²) in [6, 6.07) is 0. The van der Waals surface area contributed by atoms with Crippen molar-refractivity contribution < 1.29 is 9.47 Å². The van der Waals surface area contributed by atoms with Crippen molar-refractivity contribution >= 4 is 8.80 Å². The Balaban J connectivity index is 4.26. The third-order valence-corrected chi connectivity index (χ3v) is 7.01. The summed E-state index contributed by atoms with van der Waals surface area (Å²) in [4.78, 5) is 2.53. The van der Waals surface area contributed by atoms with Crippen LogP contribution in [0.15, 0.2) is 12.7 Å². The van der Waals surface area contributed by atoms with Gasteiger partial charge < -0.3 is 14.4 Å². The lowest BCUT2D eigenvalue weighted by Crippen LogP contribution is -2.39. The number of nitrogens with zero attached hydrogens (tertiary/aromatic N) is 1. The predicted molar refractivity (Wildman–Crippen MR) is 104 cm³/mol. The fraction of sp³-hybridized carbons (Fsp3) is 0.895. The van der Waals surface area contributed by atoms with Gasteiger partial charge in [0.15, 0.2) is 0 Å². The van der Waals surface area contributed by atoms with Crippen LogP contribution in [0.5, 0.6) is 0 Å². The number of allylic oxidation sites excluding steroid dienone is 1. The summed E-state index contributed by atoms with van der Waals surface area (Å²) in [7, 11) is -0.441. The molecule has 4 heteroatoms. The standard InChI is InChI=1S/C19H40NO2Si/c1-6-10-11-12-13-19(7-2)23(5)18-20(14-16-21-8-3)15-17-22-9-4/h7,19H,2,6,8-18H2,1,3-5H3. The van der Waals surface area contributed by atoms with E-state index < -0.39 is 8.80 Å². The van der Waals surface area contributed by atoms with Crippen LogP contribution in [0.25, 0.3) is 0 Å². The molecule has 1 atom stereocenters. The first-order chi connectivity index (χ1) is 11.2. The van der Waals surface area contributed by atoms with Gasteiger partial charge >= 0.3 is 0 Å². The Hall–Kier alpha value is -0.163. The molecule has 0 aromatic carbocycles. The Kier molecular flexibility index (Phi) is 16.6. The van der Waals surface area contributed by atoms with Crippen molar-refractivity contribution in [1.29, 1.82) is 0 Å². The largest absolute Gasteiger partial charge is 0.380 e. The molecule has 0 aliphatic heterocycles. The molecule has 0 saturated carbocycles. The van der Waals surface area contributed by atoms with Gasteiger partial charge in [-0.25, -0.2) is 0 Å². The van der Waals surface area contributed by atoms with Gasteiger partial charge in [0, 0.05) is 26.3 Å². The van der Waals surface area contributed by atoms with Gasteiger partial charge in [0.25, 0.3) is 0 Å². The molecule has 0 N–H and O–H groups in total. The van der Waals surface area contributed by atoms with Crippen molar-refractivity contribution in [2.45, 2.75) is 65.0 Å². The lowest BCUT2D eigenvalue weighted by molar-refractivity contribution is 0.0898. The maximum absolute atomic E-state index is 5.54. The van der Waals surface area contributed by atoms with E-state index >= 15 is 0 Å². The van der Waals surface area contributed by atoms with Crippen LogP contribution < -0.4 is 0 Å². The van der Waals surface area contributed by atoms with E-state index in [4.69, 9.17) is 9.47 Å². The number of unbranched alkanes of at least 4 members (excludes halogenated alkanes) is 3. The molecule has 0 saturated heterocycles. The van der Waals surface area contributed by atoms with E-state index in [1.165, 1.54) is 38.3 Å². The van der Waals surface area contributed by atoms with E-state index in [1.807, 2.05) is 0 Å². The lowest BCUT2D eigenvalue weighted by atomic mass is 10.1. The second-order valence-corrected chi connectivity index (χ2v) is 8.96. The van der Waals surface area contributed by atoms with Gasteiger partial charge in [-0.1, -0.05) is 45.2 Å². The van der Waals surface area contributed by atoms with E-state index in [0.29, 0.717) is 0 Å². The zero-order chi connectivity index (χ0) is 17.3. The summed E-state index contributed by atoms with van der Waals surface area (Å²) >= 11 is 0. The minimum atomic E-state index is -0.441. The van der Waals surface area contributed by atoms with E-state index in [1.54, 1.807) is 0 Å². The van der Waals surface area contributed by atoms with Crippen molar-refractivity contribution in [1.82, 2.24) is 4.90 Å². The molecular weight excluding hydrogens is 302 g/mol. The van der Waals surface area contributed by atoms with Crippen LogP contribution in [0.3, 0.4) is 0 Å². The third-order valence-electron chi connectivity index (χ3n) is 4.27. The van der Waals surface area contributed by atoms with Crippen molar-refractivity contribution in [3.8, 4) is 0 Å². The van der Waals surface area contributed by atoms with Crippen LogP contribution in [0.2, 0.25) is 12.1 Å². The summed E-state index contributed by atoms with van der Waals surface area (Å²) in [5, 5.41) is 0.